The summed E-state index contributed by atoms with van der Waals surface area (Å²) in [5.41, 5.74) is 4.57. The number of amides is 1. The highest BCUT2D eigenvalue weighted by Crippen LogP contribution is 2.39. The highest BCUT2D eigenvalue weighted by atomic mass is 16.5. The van der Waals surface area contributed by atoms with Crippen LogP contribution in [-0.2, 0) is 11.2 Å². The van der Waals surface area contributed by atoms with Crippen molar-refractivity contribution in [3.8, 4) is 17.2 Å². The zero-order valence-electron chi connectivity index (χ0n) is 19.0. The first-order valence-electron chi connectivity index (χ1n) is 10.6. The van der Waals surface area contributed by atoms with Crippen molar-refractivity contribution in [1.82, 2.24) is 4.90 Å². The van der Waals surface area contributed by atoms with Crippen molar-refractivity contribution in [1.29, 1.82) is 0 Å². The third-order valence-electron chi connectivity index (χ3n) is 5.51. The fourth-order valence-corrected chi connectivity index (χ4v) is 4.16. The van der Waals surface area contributed by atoms with Gasteiger partial charge in [-0.2, -0.15) is 0 Å². The number of methoxy groups -OCH3 is 2. The van der Waals surface area contributed by atoms with Gasteiger partial charge in [-0.25, -0.2) is 0 Å². The summed E-state index contributed by atoms with van der Waals surface area (Å²) in [6.45, 7) is 9.34. The van der Waals surface area contributed by atoms with Crippen LogP contribution in [0.3, 0.4) is 0 Å². The molecule has 5 heteroatoms. The fraction of sp³-hybridized carbons (Fsp3) is 0.480. The van der Waals surface area contributed by atoms with Gasteiger partial charge in [0, 0.05) is 13.0 Å². The molecule has 1 heterocycles. The van der Waals surface area contributed by atoms with Crippen molar-refractivity contribution in [2.45, 2.75) is 46.6 Å². The largest absolute Gasteiger partial charge is 0.493 e. The number of hydrogen-bond acceptors (Lipinski definition) is 4. The first-order chi connectivity index (χ1) is 14.3. The van der Waals surface area contributed by atoms with Gasteiger partial charge >= 0.3 is 0 Å². The van der Waals surface area contributed by atoms with E-state index in [1.54, 1.807) is 14.2 Å². The van der Waals surface area contributed by atoms with E-state index in [1.807, 2.05) is 29.2 Å². The van der Waals surface area contributed by atoms with E-state index in [1.165, 1.54) is 5.56 Å². The van der Waals surface area contributed by atoms with Gasteiger partial charge in [0.15, 0.2) is 11.5 Å². The second-order valence-corrected chi connectivity index (χ2v) is 8.49. The average Bonchev–Trinajstić information content (AvgIpc) is 2.69. The van der Waals surface area contributed by atoms with Gasteiger partial charge in [-0.15, -0.1) is 0 Å². The SMILES string of the molecule is COc1cc2c(cc1OC)[C@@H](COc1cc(C)cc(C)c1)N(C(=O)CC(C)C)CC2. The Morgan fingerprint density at radius 1 is 1.03 bits per heavy atom. The number of ether oxygens (including phenoxy) is 3. The van der Waals surface area contributed by atoms with Gasteiger partial charge in [-0.3, -0.25) is 4.79 Å². The third-order valence-corrected chi connectivity index (χ3v) is 5.51. The molecular weight excluding hydrogens is 378 g/mol. The topological polar surface area (TPSA) is 48.0 Å². The number of rotatable bonds is 7. The molecule has 3 rings (SSSR count). The van der Waals surface area contributed by atoms with Gasteiger partial charge < -0.3 is 19.1 Å². The van der Waals surface area contributed by atoms with E-state index in [0.29, 0.717) is 37.0 Å². The average molecular weight is 412 g/mol. The minimum absolute atomic E-state index is 0.166. The Morgan fingerprint density at radius 3 is 2.27 bits per heavy atom. The quantitative estimate of drug-likeness (QED) is 0.652. The van der Waals surface area contributed by atoms with Gasteiger partial charge in [0.05, 0.1) is 20.3 Å². The fourth-order valence-electron chi connectivity index (χ4n) is 4.16. The molecule has 0 saturated carbocycles. The van der Waals surface area contributed by atoms with E-state index in [4.69, 9.17) is 14.2 Å². The highest BCUT2D eigenvalue weighted by Gasteiger charge is 2.33. The molecule has 30 heavy (non-hydrogen) atoms. The van der Waals surface area contributed by atoms with Gasteiger partial charge in [0.25, 0.3) is 0 Å². The van der Waals surface area contributed by atoms with Crippen LogP contribution in [0.4, 0.5) is 0 Å². The van der Waals surface area contributed by atoms with Crippen molar-refractivity contribution in [3.05, 3.63) is 52.6 Å². The standard InChI is InChI=1S/C25H33NO4/c1-16(2)9-25(27)26-8-7-19-13-23(28-5)24(29-6)14-21(19)22(26)15-30-20-11-17(3)10-18(4)12-20/h10-14,16,22H,7-9,15H2,1-6H3/t22-/m1/s1. The Hall–Kier alpha value is -2.69. The maximum atomic E-state index is 13.0. The Morgan fingerprint density at radius 2 is 1.67 bits per heavy atom. The number of carbonyl (C=O) groups excluding carboxylic acids is 1. The van der Waals surface area contributed by atoms with E-state index in [0.717, 1.165) is 28.9 Å². The molecule has 162 valence electrons. The van der Waals surface area contributed by atoms with Crippen LogP contribution in [0.5, 0.6) is 17.2 Å². The van der Waals surface area contributed by atoms with Crippen LogP contribution in [-0.4, -0.2) is 38.2 Å². The van der Waals surface area contributed by atoms with Crippen LogP contribution < -0.4 is 14.2 Å². The predicted octanol–water partition coefficient (Wildman–Crippen LogP) is 4.87. The Bertz CT molecular complexity index is 886. The van der Waals surface area contributed by atoms with Crippen LogP contribution in [0.1, 0.15) is 48.6 Å². The summed E-state index contributed by atoms with van der Waals surface area (Å²) >= 11 is 0. The van der Waals surface area contributed by atoms with Gasteiger partial charge in [0.1, 0.15) is 12.4 Å². The van der Waals surface area contributed by atoms with Gasteiger partial charge in [0.2, 0.25) is 5.91 Å². The molecule has 0 spiro atoms. The lowest BCUT2D eigenvalue weighted by Gasteiger charge is -2.38. The molecule has 1 atom stereocenters. The zero-order valence-corrected chi connectivity index (χ0v) is 19.0. The number of benzene rings is 2. The summed E-state index contributed by atoms with van der Waals surface area (Å²) in [7, 11) is 3.28. The van der Waals surface area contributed by atoms with Crippen LogP contribution in [0.25, 0.3) is 0 Å². The second kappa shape index (κ2) is 9.41. The first-order valence-corrected chi connectivity index (χ1v) is 10.6. The Balaban J connectivity index is 1.95. The summed E-state index contributed by atoms with van der Waals surface area (Å²) < 4.78 is 17.2. The van der Waals surface area contributed by atoms with Crippen molar-refractivity contribution in [2.24, 2.45) is 5.92 Å². The van der Waals surface area contributed by atoms with Gasteiger partial charge in [-0.1, -0.05) is 19.9 Å². The summed E-state index contributed by atoms with van der Waals surface area (Å²) in [5.74, 6) is 2.69. The van der Waals surface area contributed by atoms with E-state index in [2.05, 4.69) is 33.8 Å². The van der Waals surface area contributed by atoms with E-state index < -0.39 is 0 Å². The van der Waals surface area contributed by atoms with Crippen molar-refractivity contribution < 1.29 is 19.0 Å². The molecule has 2 aromatic rings. The van der Waals surface area contributed by atoms with Crippen LogP contribution in [0, 0.1) is 19.8 Å². The molecule has 1 aliphatic rings. The summed E-state index contributed by atoms with van der Waals surface area (Å²) in [6.07, 6.45) is 1.32. The molecular formula is C25H33NO4. The molecule has 1 aliphatic heterocycles. The lowest BCUT2D eigenvalue weighted by Crippen LogP contribution is -2.43. The van der Waals surface area contributed by atoms with Crippen molar-refractivity contribution >= 4 is 5.91 Å². The maximum absolute atomic E-state index is 13.0. The lowest BCUT2D eigenvalue weighted by molar-refractivity contribution is -0.135. The molecule has 5 nitrogen and oxygen atoms in total. The third kappa shape index (κ3) is 4.89. The maximum Gasteiger partial charge on any atom is 0.223 e. The molecule has 0 aromatic heterocycles. The number of aryl methyl sites for hydroxylation is 2. The summed E-state index contributed by atoms with van der Waals surface area (Å²) in [6, 6.07) is 10.1. The number of hydrogen-bond donors (Lipinski definition) is 0. The van der Waals surface area contributed by atoms with Crippen molar-refractivity contribution in [3.63, 3.8) is 0 Å². The highest BCUT2D eigenvalue weighted by molar-refractivity contribution is 5.77. The molecule has 0 N–H and O–H groups in total. The van der Waals surface area contributed by atoms with E-state index in [-0.39, 0.29) is 11.9 Å². The molecule has 0 radical (unpaired) electrons. The first kappa shape index (κ1) is 22.0. The summed E-state index contributed by atoms with van der Waals surface area (Å²) in [5, 5.41) is 0. The normalized spacial score (nSPS) is 15.7. The molecule has 1 amide bonds. The number of nitrogens with zero attached hydrogens (tertiary/aromatic N) is 1. The smallest absolute Gasteiger partial charge is 0.223 e. The second-order valence-electron chi connectivity index (χ2n) is 8.49. The molecule has 0 aliphatic carbocycles. The molecule has 0 unspecified atom stereocenters. The molecule has 2 aromatic carbocycles. The Labute approximate surface area is 179 Å². The number of carbonyl (C=O) groups is 1. The van der Waals surface area contributed by atoms with Gasteiger partial charge in [-0.05, 0) is 72.7 Å². The zero-order chi connectivity index (χ0) is 21.8. The van der Waals surface area contributed by atoms with Crippen molar-refractivity contribution in [2.75, 3.05) is 27.4 Å². The molecule has 0 bridgehead atoms. The van der Waals surface area contributed by atoms with E-state index in [9.17, 15) is 4.79 Å². The van der Waals surface area contributed by atoms with Crippen LogP contribution in [0.2, 0.25) is 0 Å². The monoisotopic (exact) mass is 411 g/mol. The lowest BCUT2D eigenvalue weighted by atomic mass is 9.91. The molecule has 0 fully saturated rings. The minimum atomic E-state index is -0.166. The van der Waals surface area contributed by atoms with Crippen LogP contribution in [0.15, 0.2) is 30.3 Å². The molecule has 0 saturated heterocycles. The predicted molar refractivity (Wildman–Crippen MR) is 119 cm³/mol. The van der Waals surface area contributed by atoms with Crippen LogP contribution >= 0.6 is 0 Å². The Kier molecular flexibility index (Phi) is 6.91. The number of fused-ring (bicyclic) bond motifs is 1. The summed E-state index contributed by atoms with van der Waals surface area (Å²) in [4.78, 5) is 15.0. The minimum Gasteiger partial charge on any atom is -0.493 e. The van der Waals surface area contributed by atoms with E-state index >= 15 is 0 Å².